The molecule has 1 aliphatic rings. The quantitative estimate of drug-likeness (QED) is 0.468. The van der Waals surface area contributed by atoms with Crippen LogP contribution in [-0.2, 0) is 15.7 Å². The number of hydrogen-bond donors (Lipinski definition) is 2. The molecule has 0 saturated carbocycles. The van der Waals surface area contributed by atoms with Crippen LogP contribution >= 0.6 is 0 Å². The summed E-state index contributed by atoms with van der Waals surface area (Å²) in [7, 11) is 0. The predicted octanol–water partition coefficient (Wildman–Crippen LogP) is 2.32. The van der Waals surface area contributed by atoms with E-state index < -0.39 is 28.5 Å². The van der Waals surface area contributed by atoms with E-state index in [0.717, 1.165) is 18.6 Å². The fourth-order valence-electron chi connectivity index (χ4n) is 2.29. The zero-order valence-electron chi connectivity index (χ0n) is 12.6. The number of carbonyl (C=O) groups excluding carboxylic acids is 1. The Labute approximate surface area is 135 Å². The van der Waals surface area contributed by atoms with Gasteiger partial charge in [0.15, 0.2) is 0 Å². The minimum absolute atomic E-state index is 0.0423. The molecule has 1 atom stereocenters. The molecule has 0 aliphatic carbocycles. The highest BCUT2D eigenvalue weighted by molar-refractivity contribution is 5.81. The fraction of sp³-hybridized carbons (Fsp3) is 0.500. The number of carbonyl (C=O) groups is 1. The van der Waals surface area contributed by atoms with Crippen molar-refractivity contribution in [2.45, 2.75) is 25.1 Å². The zero-order valence-corrected chi connectivity index (χ0v) is 12.6. The second kappa shape index (κ2) is 7.47. The average Bonchev–Trinajstić information content (AvgIpc) is 3.04. The van der Waals surface area contributed by atoms with E-state index in [1.807, 2.05) is 0 Å². The Bertz CT molecular complexity index is 616. The molecule has 1 aromatic rings. The predicted molar refractivity (Wildman–Crippen MR) is 78.6 cm³/mol. The van der Waals surface area contributed by atoms with Crippen molar-refractivity contribution in [3.63, 3.8) is 0 Å². The van der Waals surface area contributed by atoms with Gasteiger partial charge in [0.25, 0.3) is 5.69 Å². The van der Waals surface area contributed by atoms with Gasteiger partial charge in [-0.05, 0) is 25.0 Å². The number of nitro benzene ring substituents is 1. The summed E-state index contributed by atoms with van der Waals surface area (Å²) in [6.45, 7) is 0.829. The lowest BCUT2D eigenvalue weighted by atomic mass is 10.1. The molecule has 1 amide bonds. The third kappa shape index (κ3) is 4.57. The number of ether oxygens (including phenoxy) is 1. The molecule has 1 heterocycles. The van der Waals surface area contributed by atoms with Crippen LogP contribution in [0.4, 0.5) is 24.5 Å². The van der Waals surface area contributed by atoms with Crippen LogP contribution < -0.4 is 10.6 Å². The molecule has 24 heavy (non-hydrogen) atoms. The molecule has 10 heteroatoms. The molecule has 132 valence electrons. The summed E-state index contributed by atoms with van der Waals surface area (Å²) >= 11 is 0. The minimum atomic E-state index is -4.65. The van der Waals surface area contributed by atoms with Crippen molar-refractivity contribution in [1.82, 2.24) is 5.32 Å². The topological polar surface area (TPSA) is 93.5 Å². The smallest absolute Gasteiger partial charge is 0.378 e. The van der Waals surface area contributed by atoms with Crippen molar-refractivity contribution in [2.75, 3.05) is 25.0 Å². The van der Waals surface area contributed by atoms with Crippen LogP contribution in [0.15, 0.2) is 18.2 Å². The first kappa shape index (κ1) is 18.0. The number of hydrogen-bond acceptors (Lipinski definition) is 5. The summed E-state index contributed by atoms with van der Waals surface area (Å²) in [6.07, 6.45) is -3.68. The summed E-state index contributed by atoms with van der Waals surface area (Å²) in [5, 5.41) is 16.2. The molecule has 1 aromatic carbocycles. The fourth-order valence-corrected chi connectivity index (χ4v) is 2.29. The van der Waals surface area contributed by atoms with E-state index >= 15 is 0 Å². The standard InChI is InChI=1S/C14H16F3N3O4/c15-14(16,17)9-3-4-10(11(8-9)20(22)23)18-5-6-19-13(21)12-2-1-7-24-12/h3-4,8,12,18H,1-2,5-7H2,(H,19,21)/t12-/m0/s1. The summed E-state index contributed by atoms with van der Waals surface area (Å²) in [6, 6.07) is 2.25. The number of rotatable bonds is 6. The number of nitrogens with zero attached hydrogens (tertiary/aromatic N) is 1. The normalized spacial score (nSPS) is 17.5. The SMILES string of the molecule is O=C(NCCNc1ccc(C(F)(F)F)cc1[N+](=O)[O-])[C@@H]1CCCO1. The first-order chi connectivity index (χ1) is 11.3. The van der Waals surface area contributed by atoms with Gasteiger partial charge in [0.1, 0.15) is 11.8 Å². The van der Waals surface area contributed by atoms with E-state index in [2.05, 4.69) is 10.6 Å². The minimum Gasteiger partial charge on any atom is -0.378 e. The van der Waals surface area contributed by atoms with Gasteiger partial charge in [0, 0.05) is 25.8 Å². The molecule has 7 nitrogen and oxygen atoms in total. The van der Waals surface area contributed by atoms with E-state index in [9.17, 15) is 28.1 Å². The number of amides is 1. The highest BCUT2D eigenvalue weighted by atomic mass is 19.4. The Balaban J connectivity index is 1.92. The van der Waals surface area contributed by atoms with Gasteiger partial charge in [-0.1, -0.05) is 0 Å². The summed E-state index contributed by atoms with van der Waals surface area (Å²) in [4.78, 5) is 21.7. The summed E-state index contributed by atoms with van der Waals surface area (Å²) < 4.78 is 43.0. The second-order valence-electron chi connectivity index (χ2n) is 5.21. The van der Waals surface area contributed by atoms with E-state index in [1.54, 1.807) is 0 Å². The molecule has 1 saturated heterocycles. The Hall–Kier alpha value is -2.36. The summed E-state index contributed by atoms with van der Waals surface area (Å²) in [5.74, 6) is -0.267. The number of alkyl halides is 3. The van der Waals surface area contributed by atoms with Crippen LogP contribution in [0.3, 0.4) is 0 Å². The number of nitrogens with one attached hydrogen (secondary N) is 2. The Morgan fingerprint density at radius 3 is 2.71 bits per heavy atom. The number of benzene rings is 1. The van der Waals surface area contributed by atoms with Crippen molar-refractivity contribution >= 4 is 17.3 Å². The van der Waals surface area contributed by atoms with E-state index in [-0.39, 0.29) is 24.7 Å². The maximum atomic E-state index is 12.6. The van der Waals surface area contributed by atoms with Crippen molar-refractivity contribution in [1.29, 1.82) is 0 Å². The molecule has 2 N–H and O–H groups in total. The highest BCUT2D eigenvalue weighted by Crippen LogP contribution is 2.34. The second-order valence-corrected chi connectivity index (χ2v) is 5.21. The first-order valence-corrected chi connectivity index (χ1v) is 7.28. The van der Waals surface area contributed by atoms with Crippen LogP contribution in [0, 0.1) is 10.1 Å². The lowest BCUT2D eigenvalue weighted by Crippen LogP contribution is -2.36. The maximum Gasteiger partial charge on any atom is 0.416 e. The maximum absolute atomic E-state index is 12.6. The van der Waals surface area contributed by atoms with Gasteiger partial charge in [0.2, 0.25) is 5.91 Å². The number of halogens is 3. The van der Waals surface area contributed by atoms with Gasteiger partial charge in [0.05, 0.1) is 10.5 Å². The average molecular weight is 347 g/mol. The molecular formula is C14H16F3N3O4. The molecule has 0 unspecified atom stereocenters. The van der Waals surface area contributed by atoms with Gasteiger partial charge >= 0.3 is 6.18 Å². The molecule has 1 aliphatic heterocycles. The molecule has 0 aromatic heterocycles. The van der Waals surface area contributed by atoms with E-state index in [1.165, 1.54) is 0 Å². The molecule has 1 fully saturated rings. The van der Waals surface area contributed by atoms with Crippen molar-refractivity contribution in [3.8, 4) is 0 Å². The molecule has 0 radical (unpaired) electrons. The Morgan fingerprint density at radius 1 is 1.38 bits per heavy atom. The van der Waals surface area contributed by atoms with Crippen LogP contribution in [0.5, 0.6) is 0 Å². The van der Waals surface area contributed by atoms with Gasteiger partial charge in [-0.3, -0.25) is 14.9 Å². The Kier molecular flexibility index (Phi) is 5.60. The molecule has 0 bridgehead atoms. The molecular weight excluding hydrogens is 331 g/mol. The van der Waals surface area contributed by atoms with Crippen molar-refractivity contribution in [2.24, 2.45) is 0 Å². The van der Waals surface area contributed by atoms with E-state index in [0.29, 0.717) is 19.1 Å². The zero-order chi connectivity index (χ0) is 17.7. The van der Waals surface area contributed by atoms with Gasteiger partial charge < -0.3 is 15.4 Å². The monoisotopic (exact) mass is 347 g/mol. The molecule has 0 spiro atoms. The number of anilines is 1. The van der Waals surface area contributed by atoms with Crippen LogP contribution in [-0.4, -0.2) is 36.6 Å². The van der Waals surface area contributed by atoms with Crippen LogP contribution in [0.25, 0.3) is 0 Å². The first-order valence-electron chi connectivity index (χ1n) is 7.28. The van der Waals surface area contributed by atoms with Gasteiger partial charge in [-0.25, -0.2) is 0 Å². The van der Waals surface area contributed by atoms with Crippen molar-refractivity contribution < 1.29 is 27.6 Å². The van der Waals surface area contributed by atoms with Gasteiger partial charge in [-0.2, -0.15) is 13.2 Å². The largest absolute Gasteiger partial charge is 0.416 e. The number of nitro groups is 1. The van der Waals surface area contributed by atoms with Gasteiger partial charge in [-0.15, -0.1) is 0 Å². The van der Waals surface area contributed by atoms with Crippen LogP contribution in [0.1, 0.15) is 18.4 Å². The van der Waals surface area contributed by atoms with Crippen LogP contribution in [0.2, 0.25) is 0 Å². The van der Waals surface area contributed by atoms with Crippen molar-refractivity contribution in [3.05, 3.63) is 33.9 Å². The lowest BCUT2D eigenvalue weighted by molar-refractivity contribution is -0.384. The van der Waals surface area contributed by atoms with E-state index in [4.69, 9.17) is 4.74 Å². The molecule has 2 rings (SSSR count). The summed E-state index contributed by atoms with van der Waals surface area (Å²) in [5.41, 5.74) is -1.80. The third-order valence-corrected chi connectivity index (χ3v) is 3.48. The lowest BCUT2D eigenvalue weighted by Gasteiger charge is -2.12. The third-order valence-electron chi connectivity index (χ3n) is 3.48. The Morgan fingerprint density at radius 2 is 2.12 bits per heavy atom. The highest BCUT2D eigenvalue weighted by Gasteiger charge is 2.33.